The van der Waals surface area contributed by atoms with E-state index in [9.17, 15) is 22.8 Å². The maximum Gasteiger partial charge on any atom is 0.445 e. The number of hydrogen-bond donors (Lipinski definition) is 0. The number of halogens is 5. The zero-order valence-electron chi connectivity index (χ0n) is 14.6. The molecule has 1 aliphatic carbocycles. The average Bonchev–Trinajstić information content (AvgIpc) is 3.41. The minimum atomic E-state index is -4.93. The lowest BCUT2D eigenvalue weighted by Gasteiger charge is -2.40. The highest BCUT2D eigenvalue weighted by Crippen LogP contribution is 2.49. The van der Waals surface area contributed by atoms with Crippen LogP contribution in [0, 0.1) is 17.8 Å². The van der Waals surface area contributed by atoms with Crippen LogP contribution < -0.4 is 4.90 Å². The Balaban J connectivity index is 2.00. The van der Waals surface area contributed by atoms with Crippen LogP contribution in [0.4, 0.5) is 23.7 Å². The second-order valence-corrected chi connectivity index (χ2v) is 8.36. The number of alkyl halides is 3. The summed E-state index contributed by atoms with van der Waals surface area (Å²) in [6.07, 6.45) is -3.28. The van der Waals surface area contributed by atoms with E-state index in [4.69, 9.17) is 16.3 Å². The second-order valence-electron chi connectivity index (χ2n) is 6.72. The molecule has 0 saturated heterocycles. The van der Waals surface area contributed by atoms with Crippen molar-refractivity contribution in [2.45, 2.75) is 43.9 Å². The van der Waals surface area contributed by atoms with Crippen molar-refractivity contribution >= 4 is 49.8 Å². The normalized spacial score (nSPS) is 21.5. The zero-order chi connectivity index (χ0) is 20.5. The summed E-state index contributed by atoms with van der Waals surface area (Å²) in [6.45, 7) is 0.126. The van der Waals surface area contributed by atoms with Gasteiger partial charge >= 0.3 is 12.3 Å². The summed E-state index contributed by atoms with van der Waals surface area (Å²) in [6, 6.07) is 3.95. The SMILES string of the molecule is O=C(I)CCCCN1C(=O)O[C@](C#CC2CC2)(C(F)(F)F)c2cc(Cl)ccc21. The van der Waals surface area contributed by atoms with Crippen molar-refractivity contribution in [1.82, 2.24) is 0 Å². The highest BCUT2D eigenvalue weighted by atomic mass is 127. The third kappa shape index (κ3) is 4.40. The van der Waals surface area contributed by atoms with Gasteiger partial charge in [0.1, 0.15) is 0 Å². The smallest absolute Gasteiger partial charge is 0.415 e. The molecule has 3 rings (SSSR count). The van der Waals surface area contributed by atoms with Crippen molar-refractivity contribution in [2.24, 2.45) is 5.92 Å². The van der Waals surface area contributed by atoms with Crippen LogP contribution in [0.2, 0.25) is 5.02 Å². The molecule has 0 unspecified atom stereocenters. The number of hydrogen-bond acceptors (Lipinski definition) is 3. The fourth-order valence-electron chi connectivity index (χ4n) is 2.92. The molecule has 0 bridgehead atoms. The van der Waals surface area contributed by atoms with Gasteiger partial charge < -0.3 is 4.74 Å². The van der Waals surface area contributed by atoms with Crippen molar-refractivity contribution in [2.75, 3.05) is 11.4 Å². The molecule has 0 spiro atoms. The Morgan fingerprint density at radius 1 is 1.36 bits per heavy atom. The van der Waals surface area contributed by atoms with E-state index in [-0.39, 0.29) is 32.5 Å². The molecule has 1 amide bonds. The van der Waals surface area contributed by atoms with E-state index >= 15 is 0 Å². The minimum absolute atomic E-state index is 0.0163. The summed E-state index contributed by atoms with van der Waals surface area (Å²) in [4.78, 5) is 24.7. The van der Waals surface area contributed by atoms with Crippen molar-refractivity contribution in [3.63, 3.8) is 0 Å². The lowest BCUT2D eigenvalue weighted by atomic mass is 9.89. The molecule has 0 radical (unpaired) electrons. The standard InChI is InChI=1S/C19H16ClF3INO3/c20-13-6-7-15-14(11-13)18(19(21,22)23,9-8-12-4-5-12)28-17(27)25(15)10-2-1-3-16(24)26/h6-7,11-12H,1-5,10H2/t18-/m0/s1. The first-order valence-corrected chi connectivity index (χ1v) is 10.2. The van der Waals surface area contributed by atoms with Crippen LogP contribution >= 0.6 is 34.2 Å². The molecule has 0 aromatic heterocycles. The number of carbonyl (C=O) groups is 2. The highest BCUT2D eigenvalue weighted by molar-refractivity contribution is 14.1. The molecule has 0 N–H and O–H groups in total. The van der Waals surface area contributed by atoms with Crippen LogP contribution in [-0.4, -0.2) is 22.6 Å². The predicted octanol–water partition coefficient (Wildman–Crippen LogP) is 5.60. The third-order valence-corrected chi connectivity index (χ3v) is 5.30. The topological polar surface area (TPSA) is 46.6 Å². The Hall–Kier alpha value is -1.47. The van der Waals surface area contributed by atoms with E-state index in [2.05, 4.69) is 11.8 Å². The van der Waals surface area contributed by atoms with Crippen LogP contribution in [0.1, 0.15) is 37.7 Å². The Labute approximate surface area is 178 Å². The van der Waals surface area contributed by atoms with E-state index in [0.717, 1.165) is 23.8 Å². The average molecular weight is 526 g/mol. The molecule has 1 saturated carbocycles. The first-order chi connectivity index (χ1) is 13.1. The molecule has 28 heavy (non-hydrogen) atoms. The van der Waals surface area contributed by atoms with Gasteiger partial charge in [0.2, 0.25) is 0 Å². The lowest BCUT2D eigenvalue weighted by molar-refractivity contribution is -0.240. The molecule has 1 aromatic carbocycles. The second kappa shape index (κ2) is 8.11. The van der Waals surface area contributed by atoms with Crippen LogP contribution in [0.3, 0.4) is 0 Å². The van der Waals surface area contributed by atoms with Crippen molar-refractivity contribution < 1.29 is 27.5 Å². The monoisotopic (exact) mass is 525 g/mol. The Morgan fingerprint density at radius 3 is 2.68 bits per heavy atom. The number of cyclic esters (lactones) is 1. The fourth-order valence-corrected chi connectivity index (χ4v) is 3.47. The van der Waals surface area contributed by atoms with Crippen LogP contribution in [0.15, 0.2) is 18.2 Å². The van der Waals surface area contributed by atoms with Crippen LogP contribution in [0.5, 0.6) is 0 Å². The fraction of sp³-hybridized carbons (Fsp3) is 0.474. The van der Waals surface area contributed by atoms with Gasteiger partial charge in [-0.15, -0.1) is 0 Å². The molecule has 150 valence electrons. The van der Waals surface area contributed by atoms with Gasteiger partial charge in [0.05, 0.1) is 5.69 Å². The van der Waals surface area contributed by atoms with Gasteiger partial charge in [0.15, 0.2) is 3.79 Å². The van der Waals surface area contributed by atoms with Gasteiger partial charge in [-0.3, -0.25) is 9.69 Å². The summed E-state index contributed by atoms with van der Waals surface area (Å²) < 4.78 is 47.2. The van der Waals surface area contributed by atoms with Crippen molar-refractivity contribution in [3.05, 3.63) is 28.8 Å². The lowest BCUT2D eigenvalue weighted by Crippen LogP contribution is -2.53. The van der Waals surface area contributed by atoms with Gasteiger partial charge in [0.25, 0.3) is 5.60 Å². The largest absolute Gasteiger partial charge is 0.445 e. The molecular formula is C19H16ClF3INO3. The first kappa shape index (κ1) is 21.2. The number of ether oxygens (including phenoxy) is 1. The predicted molar refractivity (Wildman–Crippen MR) is 106 cm³/mol. The number of fused-ring (bicyclic) bond motifs is 1. The number of anilines is 1. The van der Waals surface area contributed by atoms with Crippen molar-refractivity contribution in [1.29, 1.82) is 0 Å². The molecule has 9 heteroatoms. The summed E-state index contributed by atoms with van der Waals surface area (Å²) in [7, 11) is 0. The third-order valence-electron chi connectivity index (χ3n) is 4.52. The Bertz CT molecular complexity index is 860. The van der Waals surface area contributed by atoms with Gasteiger partial charge in [-0.2, -0.15) is 13.2 Å². The maximum atomic E-state index is 14.1. The quantitative estimate of drug-likeness (QED) is 0.218. The molecule has 1 aromatic rings. The van der Waals surface area contributed by atoms with E-state index in [1.54, 1.807) is 22.6 Å². The molecule has 1 fully saturated rings. The number of unbranched alkanes of at least 4 members (excludes halogenated alkanes) is 1. The summed E-state index contributed by atoms with van der Waals surface area (Å²) in [5.74, 6) is 4.68. The number of carbonyl (C=O) groups excluding carboxylic acids is 2. The first-order valence-electron chi connectivity index (χ1n) is 8.72. The van der Waals surface area contributed by atoms with E-state index in [1.807, 2.05) is 0 Å². The van der Waals surface area contributed by atoms with Crippen LogP contribution in [-0.2, 0) is 15.1 Å². The molecule has 4 nitrogen and oxygen atoms in total. The van der Waals surface area contributed by atoms with Crippen molar-refractivity contribution in [3.8, 4) is 11.8 Å². The van der Waals surface area contributed by atoms with Gasteiger partial charge in [-0.25, -0.2) is 4.79 Å². The molecule has 1 atom stereocenters. The Morgan fingerprint density at radius 2 is 2.07 bits per heavy atom. The van der Waals surface area contributed by atoms with Gasteiger partial charge in [-0.05, 0) is 72.4 Å². The van der Waals surface area contributed by atoms with Crippen LogP contribution in [0.25, 0.3) is 0 Å². The minimum Gasteiger partial charge on any atom is -0.415 e. The Kier molecular flexibility index (Phi) is 6.15. The summed E-state index contributed by atoms with van der Waals surface area (Å²) >= 11 is 7.64. The summed E-state index contributed by atoms with van der Waals surface area (Å²) in [5.41, 5.74) is -3.25. The molecular weight excluding hydrogens is 510 g/mol. The maximum absolute atomic E-state index is 14.1. The number of benzene rings is 1. The number of nitrogens with zero attached hydrogens (tertiary/aromatic N) is 1. The number of rotatable bonds is 5. The van der Waals surface area contributed by atoms with E-state index in [1.165, 1.54) is 12.1 Å². The van der Waals surface area contributed by atoms with E-state index in [0.29, 0.717) is 19.3 Å². The summed E-state index contributed by atoms with van der Waals surface area (Å²) in [5, 5.41) is 0.0917. The molecule has 1 aliphatic heterocycles. The number of amides is 1. The van der Waals surface area contributed by atoms with Gasteiger partial charge in [-0.1, -0.05) is 17.5 Å². The molecule has 1 heterocycles. The zero-order valence-corrected chi connectivity index (χ0v) is 17.5. The van der Waals surface area contributed by atoms with Gasteiger partial charge in [0, 0.05) is 29.5 Å². The van der Waals surface area contributed by atoms with E-state index < -0.39 is 17.9 Å². The molecule has 2 aliphatic rings. The highest BCUT2D eigenvalue weighted by Gasteiger charge is 2.63.